The molecule has 0 aliphatic heterocycles. The van der Waals surface area contributed by atoms with Gasteiger partial charge in [0.1, 0.15) is 6.10 Å². The average Bonchev–Trinajstić information content (AvgIpc) is 1.87. The zero-order valence-electron chi connectivity index (χ0n) is 6.43. The van der Waals surface area contributed by atoms with Crippen LogP contribution in [0, 0.1) is 10.1 Å². The molecular formula is C6H13NO4. The van der Waals surface area contributed by atoms with E-state index in [-0.39, 0.29) is 13.0 Å². The summed E-state index contributed by atoms with van der Waals surface area (Å²) in [6.45, 7) is 1.31. The van der Waals surface area contributed by atoms with Gasteiger partial charge in [0.15, 0.2) is 0 Å². The number of aliphatic hydroxyl groups excluding tert-OH is 2. The minimum atomic E-state index is -0.948. The molecule has 2 N–H and O–H groups in total. The van der Waals surface area contributed by atoms with Crippen LogP contribution in [0.2, 0.25) is 0 Å². The van der Waals surface area contributed by atoms with Gasteiger partial charge in [0.25, 0.3) is 0 Å². The zero-order valence-corrected chi connectivity index (χ0v) is 6.43. The van der Waals surface area contributed by atoms with Gasteiger partial charge in [0, 0.05) is 18.0 Å². The number of rotatable bonds is 5. The van der Waals surface area contributed by atoms with Crippen molar-refractivity contribution in [2.24, 2.45) is 0 Å². The lowest BCUT2D eigenvalue weighted by Gasteiger charge is -2.10. The van der Waals surface area contributed by atoms with Crippen molar-refractivity contribution in [3.05, 3.63) is 10.1 Å². The molecule has 5 heteroatoms. The van der Waals surface area contributed by atoms with Crippen LogP contribution in [-0.4, -0.2) is 33.9 Å². The summed E-state index contributed by atoms with van der Waals surface area (Å²) in [7, 11) is 0. The molecule has 0 spiro atoms. The molecule has 0 saturated heterocycles. The van der Waals surface area contributed by atoms with Crippen LogP contribution in [0.15, 0.2) is 0 Å². The predicted octanol–water partition coefficient (Wildman–Crippen LogP) is -0.215. The van der Waals surface area contributed by atoms with E-state index in [0.717, 1.165) is 0 Å². The molecule has 5 nitrogen and oxygen atoms in total. The third-order valence-electron chi connectivity index (χ3n) is 1.49. The van der Waals surface area contributed by atoms with Crippen molar-refractivity contribution in [3.63, 3.8) is 0 Å². The molecule has 0 radical (unpaired) electrons. The highest BCUT2D eigenvalue weighted by Crippen LogP contribution is 2.05. The Balaban J connectivity index is 3.80. The van der Waals surface area contributed by atoms with Crippen molar-refractivity contribution < 1.29 is 15.1 Å². The molecule has 66 valence electrons. The van der Waals surface area contributed by atoms with Crippen LogP contribution in [0.3, 0.4) is 0 Å². The lowest BCUT2D eigenvalue weighted by molar-refractivity contribution is -0.534. The largest absolute Gasteiger partial charge is 0.396 e. The zero-order chi connectivity index (χ0) is 8.85. The van der Waals surface area contributed by atoms with Gasteiger partial charge in [-0.05, 0) is 13.3 Å². The van der Waals surface area contributed by atoms with Crippen molar-refractivity contribution in [1.82, 2.24) is 0 Å². The fourth-order valence-electron chi connectivity index (χ4n) is 0.823. The maximum Gasteiger partial charge on any atom is 0.238 e. The van der Waals surface area contributed by atoms with Gasteiger partial charge in [-0.1, -0.05) is 0 Å². The molecule has 11 heavy (non-hydrogen) atoms. The summed E-state index contributed by atoms with van der Waals surface area (Å²) in [6, 6.07) is -0.942. The molecule has 0 amide bonds. The quantitative estimate of drug-likeness (QED) is 0.433. The first kappa shape index (κ1) is 10.3. The summed E-state index contributed by atoms with van der Waals surface area (Å²) in [6.07, 6.45) is -0.367. The Morgan fingerprint density at radius 3 is 2.45 bits per heavy atom. The van der Waals surface area contributed by atoms with Crippen LogP contribution in [0.4, 0.5) is 0 Å². The van der Waals surface area contributed by atoms with E-state index in [1.54, 1.807) is 0 Å². The number of hydrogen-bond donors (Lipinski definition) is 2. The van der Waals surface area contributed by atoms with Crippen molar-refractivity contribution in [2.75, 3.05) is 6.61 Å². The molecule has 0 aromatic rings. The smallest absolute Gasteiger partial charge is 0.238 e. The molecule has 0 aliphatic rings. The standard InChI is InChI=1S/C6H13NO4/c1-5(9)6(7(10)11)3-2-4-8/h5-6,8-9H,2-4H2,1H3. The molecule has 0 rings (SSSR count). The van der Waals surface area contributed by atoms with Crippen molar-refractivity contribution >= 4 is 0 Å². The maximum absolute atomic E-state index is 10.2. The number of aliphatic hydroxyl groups is 2. The highest BCUT2D eigenvalue weighted by atomic mass is 16.6. The molecule has 0 aromatic heterocycles. The van der Waals surface area contributed by atoms with Crippen LogP contribution in [0.5, 0.6) is 0 Å². The molecule has 0 bridgehead atoms. The number of hydrogen-bond acceptors (Lipinski definition) is 4. The van der Waals surface area contributed by atoms with Gasteiger partial charge in [-0.15, -0.1) is 0 Å². The summed E-state index contributed by atoms with van der Waals surface area (Å²) in [4.78, 5) is 9.70. The topological polar surface area (TPSA) is 83.6 Å². The maximum atomic E-state index is 10.2. The van der Waals surface area contributed by atoms with Crippen molar-refractivity contribution in [1.29, 1.82) is 0 Å². The molecule has 0 heterocycles. The monoisotopic (exact) mass is 163 g/mol. The summed E-state index contributed by atoms with van der Waals surface area (Å²) in [5.41, 5.74) is 0. The first-order chi connectivity index (χ1) is 5.09. The van der Waals surface area contributed by atoms with E-state index < -0.39 is 17.1 Å². The fraction of sp³-hybridized carbons (Fsp3) is 1.00. The summed E-state index contributed by atoms with van der Waals surface area (Å²) in [5, 5.41) is 27.5. The second-order valence-electron chi connectivity index (χ2n) is 2.46. The molecule has 0 aromatic carbocycles. The highest BCUT2D eigenvalue weighted by molar-refractivity contribution is 4.62. The van der Waals surface area contributed by atoms with Gasteiger partial charge in [0.2, 0.25) is 6.04 Å². The van der Waals surface area contributed by atoms with E-state index in [1.807, 2.05) is 0 Å². The third-order valence-corrected chi connectivity index (χ3v) is 1.49. The molecule has 2 unspecified atom stereocenters. The molecule has 0 fully saturated rings. The van der Waals surface area contributed by atoms with Crippen LogP contribution in [-0.2, 0) is 0 Å². The predicted molar refractivity (Wildman–Crippen MR) is 38.8 cm³/mol. The van der Waals surface area contributed by atoms with Crippen LogP contribution >= 0.6 is 0 Å². The minimum absolute atomic E-state index is 0.0724. The molecule has 0 aliphatic carbocycles. The van der Waals surface area contributed by atoms with Crippen molar-refractivity contribution in [2.45, 2.75) is 31.9 Å². The lowest BCUT2D eigenvalue weighted by Crippen LogP contribution is -2.31. The van der Waals surface area contributed by atoms with Gasteiger partial charge >= 0.3 is 0 Å². The Labute approximate surface area is 64.8 Å². The van der Waals surface area contributed by atoms with Gasteiger partial charge in [-0.25, -0.2) is 0 Å². The lowest BCUT2D eigenvalue weighted by atomic mass is 10.1. The third kappa shape index (κ3) is 3.90. The SMILES string of the molecule is CC(O)C(CCCO)[N+](=O)[O-]. The van der Waals surface area contributed by atoms with E-state index in [1.165, 1.54) is 6.92 Å². The van der Waals surface area contributed by atoms with Gasteiger partial charge in [-0.3, -0.25) is 10.1 Å². The van der Waals surface area contributed by atoms with Crippen LogP contribution in [0.25, 0.3) is 0 Å². The van der Waals surface area contributed by atoms with E-state index in [2.05, 4.69) is 0 Å². The van der Waals surface area contributed by atoms with Gasteiger partial charge in [-0.2, -0.15) is 0 Å². The number of nitrogens with zero attached hydrogens (tertiary/aromatic N) is 1. The molecular weight excluding hydrogens is 150 g/mol. The van der Waals surface area contributed by atoms with Crippen LogP contribution in [0.1, 0.15) is 19.8 Å². The van der Waals surface area contributed by atoms with Gasteiger partial charge < -0.3 is 10.2 Å². The second-order valence-corrected chi connectivity index (χ2v) is 2.46. The van der Waals surface area contributed by atoms with E-state index in [4.69, 9.17) is 10.2 Å². The average molecular weight is 163 g/mol. The summed E-state index contributed by atoms with van der Waals surface area (Å²) < 4.78 is 0. The number of nitro groups is 1. The molecule has 0 saturated carbocycles. The van der Waals surface area contributed by atoms with Crippen molar-refractivity contribution in [3.8, 4) is 0 Å². The Bertz CT molecular complexity index is 126. The first-order valence-corrected chi connectivity index (χ1v) is 3.52. The highest BCUT2D eigenvalue weighted by Gasteiger charge is 2.24. The Kier molecular flexibility index (Phi) is 4.72. The van der Waals surface area contributed by atoms with E-state index in [9.17, 15) is 10.1 Å². The Morgan fingerprint density at radius 1 is 1.64 bits per heavy atom. The Morgan fingerprint density at radius 2 is 2.18 bits per heavy atom. The Hall–Kier alpha value is -0.680. The second kappa shape index (κ2) is 5.03. The minimum Gasteiger partial charge on any atom is -0.396 e. The van der Waals surface area contributed by atoms with Gasteiger partial charge in [0.05, 0.1) is 0 Å². The normalized spacial score (nSPS) is 15.9. The summed E-state index contributed by atoms with van der Waals surface area (Å²) in [5.74, 6) is 0. The fourth-order valence-corrected chi connectivity index (χ4v) is 0.823. The summed E-state index contributed by atoms with van der Waals surface area (Å²) >= 11 is 0. The van der Waals surface area contributed by atoms with Crippen LogP contribution < -0.4 is 0 Å². The first-order valence-electron chi connectivity index (χ1n) is 3.52. The van der Waals surface area contributed by atoms with E-state index >= 15 is 0 Å². The molecule has 2 atom stereocenters. The van der Waals surface area contributed by atoms with E-state index in [0.29, 0.717) is 6.42 Å².